The monoisotopic (exact) mass is 278 g/mol. The normalized spacial score (nSPS) is 16.4. The molecule has 2 atom stereocenters. The molecule has 0 heterocycles. The van der Waals surface area contributed by atoms with Crippen molar-refractivity contribution >= 4 is 0 Å². The van der Waals surface area contributed by atoms with E-state index in [-0.39, 0.29) is 24.4 Å². The van der Waals surface area contributed by atoms with Gasteiger partial charge < -0.3 is 24.4 Å². The van der Waals surface area contributed by atoms with Gasteiger partial charge >= 0.3 is 0 Å². The van der Waals surface area contributed by atoms with Crippen LogP contribution >= 0.6 is 0 Å². The highest BCUT2D eigenvalue weighted by atomic mass is 16.5. The molecule has 0 aromatic carbocycles. The number of aliphatic hydroxyl groups is 2. The van der Waals surface area contributed by atoms with E-state index >= 15 is 0 Å². The number of hydrogen-bond acceptors (Lipinski definition) is 5. The molecule has 5 heteroatoms. The molecule has 2 N–H and O–H groups in total. The van der Waals surface area contributed by atoms with E-state index in [2.05, 4.69) is 0 Å². The topological polar surface area (TPSA) is 68.2 Å². The van der Waals surface area contributed by atoms with Gasteiger partial charge in [-0.15, -0.1) is 0 Å². The van der Waals surface area contributed by atoms with Gasteiger partial charge in [-0.25, -0.2) is 0 Å². The molecule has 0 amide bonds. The quantitative estimate of drug-likeness (QED) is 0.631. The number of aliphatic hydroxyl groups excluding tert-OH is 2. The zero-order chi connectivity index (χ0) is 15.1. The first-order valence-electron chi connectivity index (χ1n) is 6.66. The lowest BCUT2D eigenvalue weighted by Crippen LogP contribution is -2.34. The molecule has 19 heavy (non-hydrogen) atoms. The van der Waals surface area contributed by atoms with Crippen LogP contribution < -0.4 is 0 Å². The highest BCUT2D eigenvalue weighted by molar-refractivity contribution is 4.74. The van der Waals surface area contributed by atoms with Crippen LogP contribution in [-0.4, -0.2) is 61.1 Å². The van der Waals surface area contributed by atoms with Crippen LogP contribution in [0.25, 0.3) is 0 Å². The molecule has 0 fully saturated rings. The van der Waals surface area contributed by atoms with Crippen molar-refractivity contribution in [3.8, 4) is 0 Å². The highest BCUT2D eigenvalue weighted by Crippen LogP contribution is 2.17. The van der Waals surface area contributed by atoms with Gasteiger partial charge in [-0.2, -0.15) is 0 Å². The molecular formula is C14H30O5. The maximum atomic E-state index is 9.80. The van der Waals surface area contributed by atoms with Crippen molar-refractivity contribution in [1.29, 1.82) is 0 Å². The summed E-state index contributed by atoms with van der Waals surface area (Å²) >= 11 is 0. The predicted octanol–water partition coefficient (Wildman–Crippen LogP) is 1.35. The van der Waals surface area contributed by atoms with E-state index in [0.29, 0.717) is 12.8 Å². The Hall–Kier alpha value is -0.200. The van der Waals surface area contributed by atoms with Crippen molar-refractivity contribution in [1.82, 2.24) is 0 Å². The van der Waals surface area contributed by atoms with Crippen LogP contribution in [0, 0.1) is 0 Å². The van der Waals surface area contributed by atoms with Gasteiger partial charge in [-0.1, -0.05) is 0 Å². The molecular weight excluding hydrogens is 248 g/mol. The molecule has 0 saturated heterocycles. The molecule has 0 aliphatic rings. The smallest absolute Gasteiger partial charge is 0.0800 e. The van der Waals surface area contributed by atoms with Gasteiger partial charge in [0.05, 0.1) is 36.6 Å². The van der Waals surface area contributed by atoms with Gasteiger partial charge in [-0.3, -0.25) is 0 Å². The molecule has 0 saturated carbocycles. The second-order valence-corrected chi connectivity index (χ2v) is 6.18. The Morgan fingerprint density at radius 1 is 0.789 bits per heavy atom. The summed E-state index contributed by atoms with van der Waals surface area (Å²) in [4.78, 5) is 0. The van der Waals surface area contributed by atoms with Crippen LogP contribution in [0.2, 0.25) is 0 Å². The maximum absolute atomic E-state index is 9.80. The summed E-state index contributed by atoms with van der Waals surface area (Å²) in [5.74, 6) is 0. The summed E-state index contributed by atoms with van der Waals surface area (Å²) in [6.07, 6.45) is -0.220. The van der Waals surface area contributed by atoms with Crippen LogP contribution in [0.5, 0.6) is 0 Å². The van der Waals surface area contributed by atoms with Crippen LogP contribution in [-0.2, 0) is 14.2 Å². The van der Waals surface area contributed by atoms with Gasteiger partial charge in [0.25, 0.3) is 0 Å². The first-order valence-corrected chi connectivity index (χ1v) is 6.66. The van der Waals surface area contributed by atoms with Crippen LogP contribution in [0.4, 0.5) is 0 Å². The van der Waals surface area contributed by atoms with E-state index in [0.717, 1.165) is 0 Å². The minimum Gasteiger partial charge on any atom is -0.391 e. The van der Waals surface area contributed by atoms with Gasteiger partial charge in [-0.05, 0) is 27.7 Å². The lowest BCUT2D eigenvalue weighted by atomic mass is 10.0. The summed E-state index contributed by atoms with van der Waals surface area (Å²) < 4.78 is 15.8. The van der Waals surface area contributed by atoms with Crippen molar-refractivity contribution < 1.29 is 24.4 Å². The third-order valence-electron chi connectivity index (χ3n) is 3.18. The first kappa shape index (κ1) is 18.8. The molecule has 0 spiro atoms. The Morgan fingerprint density at radius 2 is 1.11 bits per heavy atom. The lowest BCUT2D eigenvalue weighted by molar-refractivity contribution is -0.0702. The van der Waals surface area contributed by atoms with E-state index in [1.165, 1.54) is 0 Å². The highest BCUT2D eigenvalue weighted by Gasteiger charge is 2.23. The van der Waals surface area contributed by atoms with Gasteiger partial charge in [0.15, 0.2) is 0 Å². The standard InChI is InChI=1S/C14H30O5/c1-13(2,17-5)7-11(15)9-19-10-12(16)8-14(3,4)18-6/h11-12,15-16H,7-10H2,1-6H3. The molecule has 2 unspecified atom stereocenters. The molecule has 116 valence electrons. The van der Waals surface area contributed by atoms with Crippen molar-refractivity contribution in [2.24, 2.45) is 0 Å². The van der Waals surface area contributed by atoms with E-state index in [1.54, 1.807) is 14.2 Å². The Labute approximate surface area is 116 Å². The summed E-state index contributed by atoms with van der Waals surface area (Å²) in [6.45, 7) is 8.02. The summed E-state index contributed by atoms with van der Waals surface area (Å²) in [6, 6.07) is 0. The predicted molar refractivity (Wildman–Crippen MR) is 74.2 cm³/mol. The van der Waals surface area contributed by atoms with E-state index in [9.17, 15) is 10.2 Å². The summed E-state index contributed by atoms with van der Waals surface area (Å²) in [5, 5.41) is 19.6. The zero-order valence-electron chi connectivity index (χ0n) is 13.1. The van der Waals surface area contributed by atoms with Gasteiger partial charge in [0.2, 0.25) is 0 Å². The minimum atomic E-state index is -0.599. The Kier molecular flexibility index (Phi) is 8.08. The number of hydrogen-bond donors (Lipinski definition) is 2. The van der Waals surface area contributed by atoms with Crippen molar-refractivity contribution in [2.45, 2.75) is 63.9 Å². The molecule has 0 aromatic heterocycles. The second kappa shape index (κ2) is 8.17. The summed E-state index contributed by atoms with van der Waals surface area (Å²) in [5.41, 5.74) is -0.751. The second-order valence-electron chi connectivity index (χ2n) is 6.18. The zero-order valence-corrected chi connectivity index (χ0v) is 13.1. The molecule has 0 rings (SSSR count). The van der Waals surface area contributed by atoms with Crippen molar-refractivity contribution in [3.05, 3.63) is 0 Å². The molecule has 0 aliphatic heterocycles. The lowest BCUT2D eigenvalue weighted by Gasteiger charge is -2.27. The minimum absolute atomic E-state index is 0.192. The molecule has 0 radical (unpaired) electrons. The van der Waals surface area contributed by atoms with Crippen molar-refractivity contribution in [2.75, 3.05) is 27.4 Å². The van der Waals surface area contributed by atoms with Crippen LogP contribution in [0.3, 0.4) is 0 Å². The van der Waals surface area contributed by atoms with Crippen molar-refractivity contribution in [3.63, 3.8) is 0 Å². The van der Waals surface area contributed by atoms with Gasteiger partial charge in [0, 0.05) is 27.1 Å². The fraction of sp³-hybridized carbons (Fsp3) is 1.00. The number of methoxy groups -OCH3 is 2. The third-order valence-corrected chi connectivity index (χ3v) is 3.18. The van der Waals surface area contributed by atoms with Gasteiger partial charge in [0.1, 0.15) is 0 Å². The van der Waals surface area contributed by atoms with Crippen LogP contribution in [0.15, 0.2) is 0 Å². The van der Waals surface area contributed by atoms with E-state index in [4.69, 9.17) is 14.2 Å². The first-order chi connectivity index (χ1) is 8.62. The third kappa shape index (κ3) is 9.35. The van der Waals surface area contributed by atoms with E-state index < -0.39 is 12.2 Å². The van der Waals surface area contributed by atoms with E-state index in [1.807, 2.05) is 27.7 Å². The average Bonchev–Trinajstić information content (AvgIpc) is 2.27. The molecule has 5 nitrogen and oxygen atoms in total. The van der Waals surface area contributed by atoms with Crippen LogP contribution in [0.1, 0.15) is 40.5 Å². The Morgan fingerprint density at radius 3 is 1.37 bits per heavy atom. The fourth-order valence-corrected chi connectivity index (χ4v) is 1.76. The Balaban J connectivity index is 3.85. The maximum Gasteiger partial charge on any atom is 0.0800 e. The number of rotatable bonds is 10. The molecule has 0 aliphatic carbocycles. The SMILES string of the molecule is COC(C)(C)CC(O)COCC(O)CC(C)(C)OC. The largest absolute Gasteiger partial charge is 0.391 e. The average molecular weight is 278 g/mol. The fourth-order valence-electron chi connectivity index (χ4n) is 1.76. The molecule has 0 aromatic rings. The molecule has 0 bridgehead atoms. The number of ether oxygens (including phenoxy) is 3. The Bertz CT molecular complexity index is 216. The summed E-state index contributed by atoms with van der Waals surface area (Å²) in [7, 11) is 3.23.